The van der Waals surface area contributed by atoms with E-state index in [1.807, 2.05) is 44.3 Å². The Morgan fingerprint density at radius 2 is 1.96 bits per heavy atom. The van der Waals surface area contributed by atoms with Crippen LogP contribution >= 0.6 is 12.2 Å². The van der Waals surface area contributed by atoms with E-state index in [0.717, 1.165) is 36.2 Å². The highest BCUT2D eigenvalue weighted by atomic mass is 32.1. The first-order valence-corrected chi connectivity index (χ1v) is 8.90. The number of rotatable bonds is 6. The third kappa shape index (κ3) is 5.61. The van der Waals surface area contributed by atoms with Gasteiger partial charge in [0.15, 0.2) is 11.6 Å². The van der Waals surface area contributed by atoms with Crippen molar-refractivity contribution in [2.45, 2.75) is 20.3 Å². The zero-order valence-electron chi connectivity index (χ0n) is 15.3. The van der Waals surface area contributed by atoms with Gasteiger partial charge in [0, 0.05) is 12.1 Å². The second kappa shape index (κ2) is 9.40. The number of thiocarbonyl (C=S) groups is 1. The van der Waals surface area contributed by atoms with Crippen molar-refractivity contribution in [3.05, 3.63) is 65.0 Å². The molecular formula is C20H24FN3OS. The summed E-state index contributed by atoms with van der Waals surface area (Å²) in [5.74, 6) is -0.169. The molecule has 2 rings (SSSR count). The Hall–Kier alpha value is -2.31. The minimum Gasteiger partial charge on any atom is -0.427 e. The molecule has 0 aliphatic heterocycles. The zero-order chi connectivity index (χ0) is 19.1. The smallest absolute Gasteiger partial charge is 0.291 e. The molecule has 0 bridgehead atoms. The molecule has 6 heteroatoms. The molecule has 0 unspecified atom stereocenters. The molecule has 2 aromatic carbocycles. The maximum Gasteiger partial charge on any atom is 0.291 e. The van der Waals surface area contributed by atoms with Crippen LogP contribution in [0.1, 0.15) is 23.6 Å². The second-order valence-corrected chi connectivity index (χ2v) is 6.44. The number of hydrogen-bond donors (Lipinski definition) is 1. The highest BCUT2D eigenvalue weighted by Gasteiger charge is 2.11. The number of hydrogen-bond acceptors (Lipinski definition) is 3. The number of benzene rings is 2. The largest absolute Gasteiger partial charge is 0.427 e. The summed E-state index contributed by atoms with van der Waals surface area (Å²) in [5, 5.41) is -0.122. The number of likely N-dealkylation sites (N-methyl/N-ethyl adjacent to an activating group) is 1. The Balaban J connectivity index is 2.09. The minimum atomic E-state index is -0.458. The molecule has 0 amide bonds. The molecule has 0 aliphatic carbocycles. The van der Waals surface area contributed by atoms with Crippen molar-refractivity contribution in [1.82, 2.24) is 4.90 Å². The third-order valence-electron chi connectivity index (χ3n) is 4.17. The maximum atomic E-state index is 14.4. The highest BCUT2D eigenvalue weighted by molar-refractivity contribution is 7.80. The molecule has 0 radical (unpaired) electrons. The summed E-state index contributed by atoms with van der Waals surface area (Å²) in [4.78, 5) is 6.22. The van der Waals surface area contributed by atoms with E-state index < -0.39 is 5.82 Å². The first-order chi connectivity index (χ1) is 12.4. The molecule has 4 nitrogen and oxygen atoms in total. The lowest BCUT2D eigenvalue weighted by atomic mass is 10.0. The van der Waals surface area contributed by atoms with Gasteiger partial charge in [-0.1, -0.05) is 37.3 Å². The number of aliphatic imine (C=N–C) groups is 1. The van der Waals surface area contributed by atoms with E-state index in [-0.39, 0.29) is 16.8 Å². The molecule has 0 spiro atoms. The molecule has 0 heterocycles. The number of aryl methyl sites for hydroxylation is 1. The number of ether oxygens (including phenoxy) is 1. The van der Waals surface area contributed by atoms with Crippen molar-refractivity contribution in [2.24, 2.45) is 10.7 Å². The van der Waals surface area contributed by atoms with Crippen LogP contribution in [0.3, 0.4) is 0 Å². The van der Waals surface area contributed by atoms with Crippen molar-refractivity contribution in [3.63, 3.8) is 0 Å². The standard InChI is InChI=1S/C20H24FN3OS/c1-4-24(3)11-10-16-13-17(21)18(12-14(16)2)25-20(26)23-19(22)15-8-6-5-7-9-15/h5-9,12-13H,4,10-11H2,1-3H3,(H2,22,23,26). The van der Waals surface area contributed by atoms with Crippen molar-refractivity contribution < 1.29 is 9.13 Å². The van der Waals surface area contributed by atoms with Gasteiger partial charge in [-0.05, 0) is 62.4 Å². The van der Waals surface area contributed by atoms with Crippen LogP contribution in [0.5, 0.6) is 5.75 Å². The van der Waals surface area contributed by atoms with Gasteiger partial charge in [-0.25, -0.2) is 4.39 Å². The number of nitrogens with two attached hydrogens (primary N) is 1. The molecule has 0 saturated carbocycles. The fourth-order valence-corrected chi connectivity index (χ4v) is 2.59. The molecule has 0 fully saturated rings. The normalized spacial score (nSPS) is 11.7. The SMILES string of the molecule is CCN(C)CCc1cc(F)c(OC(=S)N=C(N)c2ccccc2)cc1C. The van der Waals surface area contributed by atoms with Gasteiger partial charge in [0.05, 0.1) is 0 Å². The second-order valence-electron chi connectivity index (χ2n) is 6.09. The average molecular weight is 373 g/mol. The number of nitrogens with zero attached hydrogens (tertiary/aromatic N) is 2. The van der Waals surface area contributed by atoms with Gasteiger partial charge in [0.2, 0.25) is 0 Å². The summed E-state index contributed by atoms with van der Waals surface area (Å²) in [5.41, 5.74) is 8.54. The highest BCUT2D eigenvalue weighted by Crippen LogP contribution is 2.23. The van der Waals surface area contributed by atoms with Crippen LogP contribution < -0.4 is 10.5 Å². The van der Waals surface area contributed by atoms with Gasteiger partial charge in [0.1, 0.15) is 5.84 Å². The molecule has 2 aromatic rings. The van der Waals surface area contributed by atoms with Gasteiger partial charge < -0.3 is 15.4 Å². The molecule has 0 aromatic heterocycles. The van der Waals surface area contributed by atoms with E-state index in [0.29, 0.717) is 0 Å². The molecule has 0 aliphatic rings. The Bertz CT molecular complexity index is 793. The summed E-state index contributed by atoms with van der Waals surface area (Å²) >= 11 is 5.09. The molecule has 0 saturated heterocycles. The summed E-state index contributed by atoms with van der Waals surface area (Å²) in [6.07, 6.45) is 0.775. The summed E-state index contributed by atoms with van der Waals surface area (Å²) in [6, 6.07) is 12.4. The number of amidine groups is 1. The molecule has 26 heavy (non-hydrogen) atoms. The van der Waals surface area contributed by atoms with Crippen molar-refractivity contribution in [2.75, 3.05) is 20.1 Å². The molecule has 0 atom stereocenters. The van der Waals surface area contributed by atoms with Crippen molar-refractivity contribution >= 4 is 23.2 Å². The molecule has 138 valence electrons. The van der Waals surface area contributed by atoms with Crippen LogP contribution in [0.4, 0.5) is 4.39 Å². The first kappa shape index (κ1) is 20.0. The van der Waals surface area contributed by atoms with E-state index in [1.165, 1.54) is 6.07 Å². The molecular weight excluding hydrogens is 349 g/mol. The topological polar surface area (TPSA) is 50.8 Å². The Kier molecular flexibility index (Phi) is 7.24. The summed E-state index contributed by atoms with van der Waals surface area (Å²) in [7, 11) is 2.04. The predicted octanol–water partition coefficient (Wildman–Crippen LogP) is 3.70. The lowest BCUT2D eigenvalue weighted by molar-refractivity contribution is 0.357. The molecule has 2 N–H and O–H groups in total. The number of halogens is 1. The summed E-state index contributed by atoms with van der Waals surface area (Å²) < 4.78 is 19.8. The van der Waals surface area contributed by atoms with Gasteiger partial charge >= 0.3 is 0 Å². The first-order valence-electron chi connectivity index (χ1n) is 8.49. The quantitative estimate of drug-likeness (QED) is 0.477. The Morgan fingerprint density at radius 1 is 1.27 bits per heavy atom. The van der Waals surface area contributed by atoms with Crippen molar-refractivity contribution in [3.8, 4) is 5.75 Å². The van der Waals surface area contributed by atoms with Crippen molar-refractivity contribution in [1.29, 1.82) is 0 Å². The van der Waals surface area contributed by atoms with E-state index in [9.17, 15) is 4.39 Å². The maximum absolute atomic E-state index is 14.4. The van der Waals surface area contributed by atoms with Gasteiger partial charge in [0.25, 0.3) is 5.17 Å². The van der Waals surface area contributed by atoms with Crippen LogP contribution in [-0.2, 0) is 6.42 Å². The fourth-order valence-electron chi connectivity index (χ4n) is 2.40. The van der Waals surface area contributed by atoms with E-state index in [4.69, 9.17) is 22.7 Å². The fraction of sp³-hybridized carbons (Fsp3) is 0.300. The lowest BCUT2D eigenvalue weighted by Crippen LogP contribution is -2.20. The zero-order valence-corrected chi connectivity index (χ0v) is 16.1. The van der Waals surface area contributed by atoms with E-state index in [2.05, 4.69) is 16.8 Å². The lowest BCUT2D eigenvalue weighted by Gasteiger charge is -2.15. The van der Waals surface area contributed by atoms with Gasteiger partial charge in [-0.2, -0.15) is 4.99 Å². The van der Waals surface area contributed by atoms with Gasteiger partial charge in [-0.3, -0.25) is 0 Å². The average Bonchev–Trinajstić information content (AvgIpc) is 2.63. The van der Waals surface area contributed by atoms with Gasteiger partial charge in [-0.15, -0.1) is 0 Å². The van der Waals surface area contributed by atoms with E-state index in [1.54, 1.807) is 6.07 Å². The van der Waals surface area contributed by atoms with Crippen LogP contribution in [0, 0.1) is 12.7 Å². The Morgan fingerprint density at radius 3 is 2.62 bits per heavy atom. The van der Waals surface area contributed by atoms with Crippen LogP contribution in [0.15, 0.2) is 47.5 Å². The third-order valence-corrected chi connectivity index (χ3v) is 4.35. The minimum absolute atomic E-state index is 0.0599. The predicted molar refractivity (Wildman–Crippen MR) is 108 cm³/mol. The van der Waals surface area contributed by atoms with E-state index >= 15 is 0 Å². The Labute approximate surface area is 159 Å². The van der Waals surface area contributed by atoms with Crippen LogP contribution in [0.2, 0.25) is 0 Å². The monoisotopic (exact) mass is 373 g/mol. The van der Waals surface area contributed by atoms with Crippen LogP contribution in [-0.4, -0.2) is 36.0 Å². The van der Waals surface area contributed by atoms with Crippen LogP contribution in [0.25, 0.3) is 0 Å². The summed E-state index contributed by atoms with van der Waals surface area (Å²) in [6.45, 7) is 5.84.